The third kappa shape index (κ3) is 2.48. The van der Waals surface area contributed by atoms with Crippen LogP contribution >= 0.6 is 0 Å². The molecule has 0 aliphatic heterocycles. The van der Waals surface area contributed by atoms with Gasteiger partial charge in [0.25, 0.3) is 0 Å². The minimum Gasteiger partial charge on any atom is -0.171 e. The van der Waals surface area contributed by atoms with Gasteiger partial charge in [0.2, 0.25) is 0 Å². The Kier molecular flexibility index (Phi) is 1.67. The minimum atomic E-state index is -4.11. The van der Waals surface area contributed by atoms with Crippen molar-refractivity contribution in [1.82, 2.24) is 0 Å². The quantitative estimate of drug-likeness (QED) is 0.448. The van der Waals surface area contributed by atoms with E-state index in [1.54, 1.807) is 0 Å². The van der Waals surface area contributed by atoms with Crippen LogP contribution in [0.1, 0.15) is 6.92 Å². The number of halogens is 3. The van der Waals surface area contributed by atoms with E-state index in [4.69, 9.17) is 0 Å². The van der Waals surface area contributed by atoms with Crippen LogP contribution in [0.4, 0.5) is 13.2 Å². The summed E-state index contributed by atoms with van der Waals surface area (Å²) >= 11 is 0. The second kappa shape index (κ2) is 1.72. The Morgan fingerprint density at radius 3 is 1.57 bits per heavy atom. The van der Waals surface area contributed by atoms with Crippen LogP contribution in [0.5, 0.6) is 0 Å². The topological polar surface area (TPSA) is 0 Å². The molecule has 3 heteroatoms. The predicted octanol–water partition coefficient (Wildman–Crippen LogP) is 2.02. The first-order valence-corrected chi connectivity index (χ1v) is 1.84. The lowest BCUT2D eigenvalue weighted by Crippen LogP contribution is -2.15. The molecule has 0 aromatic heterocycles. The van der Waals surface area contributed by atoms with Gasteiger partial charge in [0.1, 0.15) is 0 Å². The maximum absolute atomic E-state index is 11.1. The van der Waals surface area contributed by atoms with Gasteiger partial charge in [0.15, 0.2) is 0 Å². The summed E-state index contributed by atoms with van der Waals surface area (Å²) in [6.45, 7) is 3.80. The van der Waals surface area contributed by atoms with Crippen LogP contribution in [0.3, 0.4) is 0 Å². The van der Waals surface area contributed by atoms with Gasteiger partial charge < -0.3 is 0 Å². The lowest BCUT2D eigenvalue weighted by Gasteiger charge is -2.07. The molecule has 0 rings (SSSR count). The summed E-state index contributed by atoms with van der Waals surface area (Å²) in [6, 6.07) is 0. The molecule has 0 saturated heterocycles. The summed E-state index contributed by atoms with van der Waals surface area (Å²) in [6.07, 6.45) is -4.11. The Bertz CT molecular complexity index is 52.4. The normalized spacial score (nSPS) is 12.9. The molecule has 1 radical (unpaired) electrons. The van der Waals surface area contributed by atoms with Gasteiger partial charge in [0.05, 0.1) is 5.92 Å². The van der Waals surface area contributed by atoms with Crippen LogP contribution < -0.4 is 0 Å². The average Bonchev–Trinajstić information content (AvgIpc) is 1.31. The van der Waals surface area contributed by atoms with Crippen LogP contribution in [-0.4, -0.2) is 6.18 Å². The molecule has 0 saturated carbocycles. The van der Waals surface area contributed by atoms with E-state index < -0.39 is 12.1 Å². The largest absolute Gasteiger partial charge is 0.391 e. The Hall–Kier alpha value is -0.210. The zero-order chi connectivity index (χ0) is 6.08. The predicted molar refractivity (Wildman–Crippen MR) is 20.6 cm³/mol. The standard InChI is InChI=1S/C4H6F3/c1-3(2)4(5,6)7/h3H,1H2,2H3/t3-/m1/s1. The van der Waals surface area contributed by atoms with Gasteiger partial charge in [-0.1, -0.05) is 6.92 Å². The van der Waals surface area contributed by atoms with Crippen molar-refractivity contribution in [2.75, 3.05) is 0 Å². The third-order valence-corrected chi connectivity index (χ3v) is 0.559. The van der Waals surface area contributed by atoms with Gasteiger partial charge in [-0.2, -0.15) is 13.2 Å². The molecular formula is C4H6F3. The summed E-state index contributed by atoms with van der Waals surface area (Å²) in [5, 5.41) is 0. The smallest absolute Gasteiger partial charge is 0.171 e. The van der Waals surface area contributed by atoms with E-state index >= 15 is 0 Å². The van der Waals surface area contributed by atoms with Gasteiger partial charge in [-0.05, 0) is 6.92 Å². The van der Waals surface area contributed by atoms with Crippen LogP contribution in [-0.2, 0) is 0 Å². The molecule has 0 N–H and O–H groups in total. The highest BCUT2D eigenvalue weighted by Gasteiger charge is 2.31. The molecule has 0 spiro atoms. The Morgan fingerprint density at radius 2 is 1.57 bits per heavy atom. The first kappa shape index (κ1) is 6.79. The van der Waals surface area contributed by atoms with E-state index in [-0.39, 0.29) is 0 Å². The van der Waals surface area contributed by atoms with Crippen molar-refractivity contribution in [2.24, 2.45) is 5.92 Å². The van der Waals surface area contributed by atoms with E-state index in [9.17, 15) is 13.2 Å². The van der Waals surface area contributed by atoms with E-state index in [0.29, 0.717) is 0 Å². The molecule has 0 heterocycles. The molecule has 0 amide bonds. The van der Waals surface area contributed by atoms with Gasteiger partial charge in [-0.15, -0.1) is 0 Å². The Balaban J connectivity index is 3.54. The van der Waals surface area contributed by atoms with Gasteiger partial charge in [-0.25, -0.2) is 0 Å². The van der Waals surface area contributed by atoms with Crippen molar-refractivity contribution in [3.63, 3.8) is 0 Å². The Morgan fingerprint density at radius 1 is 1.43 bits per heavy atom. The first-order chi connectivity index (χ1) is 2.94. The number of alkyl halides is 3. The summed E-state index contributed by atoms with van der Waals surface area (Å²) in [5.74, 6) is -1.45. The average molecular weight is 111 g/mol. The van der Waals surface area contributed by atoms with E-state index in [0.717, 1.165) is 6.92 Å². The van der Waals surface area contributed by atoms with Gasteiger partial charge >= 0.3 is 6.18 Å². The molecule has 0 unspecified atom stereocenters. The fourth-order valence-electron chi connectivity index (χ4n) is 0. The van der Waals surface area contributed by atoms with E-state index in [1.165, 1.54) is 0 Å². The van der Waals surface area contributed by atoms with E-state index in [2.05, 4.69) is 6.92 Å². The van der Waals surface area contributed by atoms with Crippen molar-refractivity contribution in [1.29, 1.82) is 0 Å². The second-order valence-electron chi connectivity index (χ2n) is 1.44. The minimum absolute atomic E-state index is 1.01. The van der Waals surface area contributed by atoms with Crippen molar-refractivity contribution < 1.29 is 13.2 Å². The third-order valence-electron chi connectivity index (χ3n) is 0.559. The molecule has 0 aliphatic carbocycles. The molecule has 0 aliphatic rings. The Labute approximate surface area is 40.3 Å². The number of hydrogen-bond acceptors (Lipinski definition) is 0. The van der Waals surface area contributed by atoms with Crippen molar-refractivity contribution in [3.8, 4) is 0 Å². The summed E-state index contributed by atoms with van der Waals surface area (Å²) in [5.41, 5.74) is 0. The highest BCUT2D eigenvalue weighted by atomic mass is 19.4. The highest BCUT2D eigenvalue weighted by Crippen LogP contribution is 2.23. The van der Waals surface area contributed by atoms with Crippen molar-refractivity contribution in [3.05, 3.63) is 6.92 Å². The van der Waals surface area contributed by atoms with Crippen molar-refractivity contribution in [2.45, 2.75) is 13.1 Å². The first-order valence-electron chi connectivity index (χ1n) is 1.84. The lowest BCUT2D eigenvalue weighted by molar-refractivity contribution is -0.157. The van der Waals surface area contributed by atoms with Gasteiger partial charge in [0, 0.05) is 0 Å². The van der Waals surface area contributed by atoms with Crippen LogP contribution in [0.15, 0.2) is 0 Å². The molecular weight excluding hydrogens is 105 g/mol. The SMILES string of the molecule is [CH2][C@H](C)C(F)(F)F. The molecule has 7 heavy (non-hydrogen) atoms. The zero-order valence-corrected chi connectivity index (χ0v) is 3.92. The monoisotopic (exact) mass is 111 g/mol. The summed E-state index contributed by atoms with van der Waals surface area (Å²) in [4.78, 5) is 0. The number of hydrogen-bond donors (Lipinski definition) is 0. The molecule has 1 atom stereocenters. The number of rotatable bonds is 0. The van der Waals surface area contributed by atoms with Gasteiger partial charge in [-0.3, -0.25) is 0 Å². The maximum atomic E-state index is 11.1. The molecule has 0 bridgehead atoms. The fourth-order valence-corrected chi connectivity index (χ4v) is 0. The summed E-state index contributed by atoms with van der Waals surface area (Å²) < 4.78 is 33.3. The second-order valence-corrected chi connectivity index (χ2v) is 1.44. The highest BCUT2D eigenvalue weighted by molar-refractivity contribution is 4.61. The van der Waals surface area contributed by atoms with Crippen LogP contribution in [0.25, 0.3) is 0 Å². The summed E-state index contributed by atoms with van der Waals surface area (Å²) in [7, 11) is 0. The fraction of sp³-hybridized carbons (Fsp3) is 0.750. The molecule has 0 aromatic carbocycles. The lowest BCUT2D eigenvalue weighted by atomic mass is 10.2. The zero-order valence-electron chi connectivity index (χ0n) is 3.92. The van der Waals surface area contributed by atoms with E-state index in [1.807, 2.05) is 0 Å². The molecule has 43 valence electrons. The maximum Gasteiger partial charge on any atom is 0.391 e. The van der Waals surface area contributed by atoms with Crippen LogP contribution in [0, 0.1) is 12.8 Å². The van der Waals surface area contributed by atoms with Crippen molar-refractivity contribution >= 4 is 0 Å². The molecule has 0 nitrogen and oxygen atoms in total. The van der Waals surface area contributed by atoms with Crippen LogP contribution in [0.2, 0.25) is 0 Å². The molecule has 0 aromatic rings. The molecule has 0 fully saturated rings.